The van der Waals surface area contributed by atoms with Crippen LogP contribution >= 0.6 is 11.3 Å². The highest BCUT2D eigenvalue weighted by atomic mass is 32.2. The molecule has 11 heteroatoms. The van der Waals surface area contributed by atoms with Gasteiger partial charge in [-0.25, -0.2) is 8.42 Å². The summed E-state index contributed by atoms with van der Waals surface area (Å²) in [5.41, 5.74) is 0.767. The van der Waals surface area contributed by atoms with Crippen molar-refractivity contribution in [1.29, 1.82) is 0 Å². The van der Waals surface area contributed by atoms with Crippen LogP contribution in [0.15, 0.2) is 50.8 Å². The first-order valence-corrected chi connectivity index (χ1v) is 12.3. The Balaban J connectivity index is 1.24. The fraction of sp³-hybridized carbons (Fsp3) is 0.400. The van der Waals surface area contributed by atoms with Gasteiger partial charge in [-0.05, 0) is 42.8 Å². The quantitative estimate of drug-likeness (QED) is 0.371. The van der Waals surface area contributed by atoms with Gasteiger partial charge < -0.3 is 9.26 Å². The van der Waals surface area contributed by atoms with E-state index < -0.39 is 15.9 Å². The minimum atomic E-state index is -3.55. The van der Waals surface area contributed by atoms with Crippen LogP contribution in [0.2, 0.25) is 0 Å². The first-order valence-electron chi connectivity index (χ1n) is 9.97. The SMILES string of the molecule is O=C(OCCCc1nc(-c2cccnc2)no1)C1CCCN(S(=O)(=O)c2cccs2)C1. The lowest BCUT2D eigenvalue weighted by atomic mass is 10.00. The van der Waals surface area contributed by atoms with Crippen LogP contribution in [0, 0.1) is 5.92 Å². The summed E-state index contributed by atoms with van der Waals surface area (Å²) in [4.78, 5) is 20.8. The predicted octanol–water partition coefficient (Wildman–Crippen LogP) is 2.77. The van der Waals surface area contributed by atoms with Gasteiger partial charge in [0.05, 0.1) is 12.5 Å². The minimum absolute atomic E-state index is 0.150. The van der Waals surface area contributed by atoms with Crippen molar-refractivity contribution < 1.29 is 22.5 Å². The molecule has 1 atom stereocenters. The topological polar surface area (TPSA) is 115 Å². The smallest absolute Gasteiger partial charge is 0.310 e. The number of hydrogen-bond donors (Lipinski definition) is 0. The number of hydrogen-bond acceptors (Lipinski definition) is 9. The van der Waals surface area contributed by atoms with Gasteiger partial charge in [0.2, 0.25) is 11.7 Å². The average Bonchev–Trinajstić information content (AvgIpc) is 3.50. The number of aryl methyl sites for hydroxylation is 1. The molecule has 0 aromatic carbocycles. The third-order valence-corrected chi connectivity index (χ3v) is 8.21. The number of sulfonamides is 1. The van der Waals surface area contributed by atoms with Crippen LogP contribution in [0.25, 0.3) is 11.4 Å². The normalized spacial score (nSPS) is 17.5. The Morgan fingerprint density at radius 3 is 3.00 bits per heavy atom. The zero-order valence-corrected chi connectivity index (χ0v) is 18.3. The van der Waals surface area contributed by atoms with E-state index in [1.165, 1.54) is 15.6 Å². The van der Waals surface area contributed by atoms with Gasteiger partial charge in [-0.1, -0.05) is 11.2 Å². The molecule has 0 N–H and O–H groups in total. The number of pyridine rings is 1. The molecule has 1 aliphatic rings. The van der Waals surface area contributed by atoms with Gasteiger partial charge in [0, 0.05) is 37.5 Å². The van der Waals surface area contributed by atoms with Crippen LogP contribution in [0.3, 0.4) is 0 Å². The van der Waals surface area contributed by atoms with Crippen molar-refractivity contribution in [3.8, 4) is 11.4 Å². The molecule has 1 unspecified atom stereocenters. The summed E-state index contributed by atoms with van der Waals surface area (Å²) in [5.74, 6) is 0.104. The molecule has 4 heterocycles. The standard InChI is InChI=1S/C20H22N4O5S2/c25-20(16-6-2-10-24(14-16)31(26,27)18-8-4-12-30-18)28-11-3-7-17-22-19(23-29-17)15-5-1-9-21-13-15/h1,4-5,8-9,12-13,16H,2-3,6-7,10-11,14H2. The van der Waals surface area contributed by atoms with Crippen molar-refractivity contribution in [2.24, 2.45) is 5.92 Å². The Labute approximate surface area is 184 Å². The van der Waals surface area contributed by atoms with Crippen molar-refractivity contribution in [2.45, 2.75) is 29.9 Å². The van der Waals surface area contributed by atoms with E-state index in [-0.39, 0.29) is 19.1 Å². The molecule has 3 aromatic rings. The summed E-state index contributed by atoms with van der Waals surface area (Å²) >= 11 is 1.18. The van der Waals surface area contributed by atoms with E-state index >= 15 is 0 Å². The summed E-state index contributed by atoms with van der Waals surface area (Å²) in [5, 5.41) is 5.66. The summed E-state index contributed by atoms with van der Waals surface area (Å²) in [6.45, 7) is 0.773. The second-order valence-corrected chi connectivity index (χ2v) is 10.3. The van der Waals surface area contributed by atoms with E-state index in [9.17, 15) is 13.2 Å². The van der Waals surface area contributed by atoms with Crippen LogP contribution in [-0.4, -0.2) is 53.5 Å². The molecule has 1 saturated heterocycles. The molecule has 0 aliphatic carbocycles. The number of piperidine rings is 1. The van der Waals surface area contributed by atoms with E-state index in [1.54, 1.807) is 36.0 Å². The fourth-order valence-corrected chi connectivity index (χ4v) is 6.04. The summed E-state index contributed by atoms with van der Waals surface area (Å²) < 4.78 is 37.7. The molecule has 0 spiro atoms. The van der Waals surface area contributed by atoms with Crippen LogP contribution in [0.4, 0.5) is 0 Å². The van der Waals surface area contributed by atoms with Crippen molar-refractivity contribution in [1.82, 2.24) is 19.4 Å². The zero-order chi connectivity index (χ0) is 21.7. The van der Waals surface area contributed by atoms with E-state index in [0.717, 1.165) is 5.56 Å². The van der Waals surface area contributed by atoms with Gasteiger partial charge in [-0.2, -0.15) is 9.29 Å². The predicted molar refractivity (Wildman–Crippen MR) is 113 cm³/mol. The summed E-state index contributed by atoms with van der Waals surface area (Å²) in [6.07, 6.45) is 5.58. The van der Waals surface area contributed by atoms with Crippen molar-refractivity contribution in [2.75, 3.05) is 19.7 Å². The number of aromatic nitrogens is 3. The number of ether oxygens (including phenoxy) is 1. The van der Waals surface area contributed by atoms with E-state index in [4.69, 9.17) is 9.26 Å². The third-order valence-electron chi connectivity index (χ3n) is 4.97. The highest BCUT2D eigenvalue weighted by Crippen LogP contribution is 2.27. The van der Waals surface area contributed by atoms with Gasteiger partial charge in [-0.3, -0.25) is 9.78 Å². The first kappa shape index (κ1) is 21.6. The lowest BCUT2D eigenvalue weighted by molar-refractivity contribution is -0.149. The minimum Gasteiger partial charge on any atom is -0.465 e. The maximum Gasteiger partial charge on any atom is 0.310 e. The molecule has 3 aromatic heterocycles. The Hall–Kier alpha value is -2.63. The highest BCUT2D eigenvalue weighted by molar-refractivity contribution is 7.91. The number of rotatable bonds is 8. The largest absolute Gasteiger partial charge is 0.465 e. The lowest BCUT2D eigenvalue weighted by Gasteiger charge is -2.30. The number of carbonyl (C=O) groups excluding carboxylic acids is 1. The average molecular weight is 463 g/mol. The molecule has 1 fully saturated rings. The Kier molecular flexibility index (Phi) is 6.73. The Bertz CT molecular complexity index is 1100. The molecule has 0 amide bonds. The Morgan fingerprint density at radius 2 is 2.23 bits per heavy atom. The third kappa shape index (κ3) is 5.17. The van der Waals surface area contributed by atoms with Crippen molar-refractivity contribution in [3.63, 3.8) is 0 Å². The second kappa shape index (κ2) is 9.67. The highest BCUT2D eigenvalue weighted by Gasteiger charge is 2.34. The van der Waals surface area contributed by atoms with E-state index in [0.29, 0.717) is 48.2 Å². The fourth-order valence-electron chi connectivity index (χ4n) is 3.37. The van der Waals surface area contributed by atoms with E-state index in [2.05, 4.69) is 15.1 Å². The molecule has 9 nitrogen and oxygen atoms in total. The molecular weight excluding hydrogens is 440 g/mol. The van der Waals surface area contributed by atoms with Gasteiger partial charge in [0.15, 0.2) is 0 Å². The lowest BCUT2D eigenvalue weighted by Crippen LogP contribution is -2.42. The molecule has 164 valence electrons. The first-order chi connectivity index (χ1) is 15.0. The van der Waals surface area contributed by atoms with Gasteiger partial charge in [-0.15, -0.1) is 11.3 Å². The van der Waals surface area contributed by atoms with Crippen molar-refractivity contribution >= 4 is 27.3 Å². The zero-order valence-electron chi connectivity index (χ0n) is 16.7. The summed E-state index contributed by atoms with van der Waals surface area (Å²) in [7, 11) is -3.55. The number of esters is 1. The van der Waals surface area contributed by atoms with Crippen LogP contribution in [0.1, 0.15) is 25.2 Å². The maximum absolute atomic E-state index is 12.7. The van der Waals surface area contributed by atoms with Crippen LogP contribution in [0.5, 0.6) is 0 Å². The second-order valence-electron chi connectivity index (χ2n) is 7.16. The number of carbonyl (C=O) groups is 1. The van der Waals surface area contributed by atoms with Crippen molar-refractivity contribution in [3.05, 3.63) is 47.9 Å². The number of nitrogens with zero attached hydrogens (tertiary/aromatic N) is 4. The molecule has 4 rings (SSSR count). The monoisotopic (exact) mass is 462 g/mol. The maximum atomic E-state index is 12.7. The molecule has 0 saturated carbocycles. The van der Waals surface area contributed by atoms with Gasteiger partial charge in [0.1, 0.15) is 4.21 Å². The number of thiophene rings is 1. The van der Waals surface area contributed by atoms with Crippen LogP contribution in [-0.2, 0) is 26.0 Å². The summed E-state index contributed by atoms with van der Waals surface area (Å²) in [6, 6.07) is 6.92. The molecule has 0 radical (unpaired) electrons. The molecular formula is C20H22N4O5S2. The molecule has 0 bridgehead atoms. The van der Waals surface area contributed by atoms with Crippen LogP contribution < -0.4 is 0 Å². The van der Waals surface area contributed by atoms with Gasteiger partial charge in [0.25, 0.3) is 10.0 Å². The van der Waals surface area contributed by atoms with Gasteiger partial charge >= 0.3 is 5.97 Å². The molecule has 1 aliphatic heterocycles. The van der Waals surface area contributed by atoms with E-state index in [1.807, 2.05) is 6.07 Å². The molecule has 31 heavy (non-hydrogen) atoms. The Morgan fingerprint density at radius 1 is 1.32 bits per heavy atom.